The number of ether oxygens (including phenoxy) is 2. The van der Waals surface area contributed by atoms with Gasteiger partial charge in [0.2, 0.25) is 0 Å². The Hall–Kier alpha value is -1.52. The van der Waals surface area contributed by atoms with Gasteiger partial charge >= 0.3 is 0 Å². The van der Waals surface area contributed by atoms with Crippen molar-refractivity contribution in [2.24, 2.45) is 0 Å². The van der Waals surface area contributed by atoms with Crippen LogP contribution in [-0.4, -0.2) is 18.3 Å². The number of hydrogen-bond acceptors (Lipinski definition) is 3. The van der Waals surface area contributed by atoms with Crippen LogP contribution in [0.15, 0.2) is 40.9 Å². The van der Waals surface area contributed by atoms with Crippen LogP contribution in [0.1, 0.15) is 29.2 Å². The van der Waals surface area contributed by atoms with Crippen LogP contribution < -0.4 is 9.47 Å². The second kappa shape index (κ2) is 6.08. The van der Waals surface area contributed by atoms with Crippen LogP contribution in [-0.2, 0) is 0 Å². The summed E-state index contributed by atoms with van der Waals surface area (Å²) in [4.78, 5) is 0. The van der Waals surface area contributed by atoms with Gasteiger partial charge in [-0.15, -0.1) is 0 Å². The molecule has 0 bridgehead atoms. The first kappa shape index (κ1) is 14.4. The molecule has 1 aliphatic heterocycles. The molecule has 2 aromatic carbocycles. The van der Waals surface area contributed by atoms with Gasteiger partial charge in [-0.1, -0.05) is 29.8 Å². The zero-order valence-corrected chi connectivity index (χ0v) is 13.4. The Morgan fingerprint density at radius 3 is 2.52 bits per heavy atom. The van der Waals surface area contributed by atoms with E-state index in [0.29, 0.717) is 24.7 Å². The Morgan fingerprint density at radius 2 is 1.76 bits per heavy atom. The molecule has 2 aromatic rings. The molecule has 0 fully saturated rings. The number of aliphatic hydroxyl groups is 1. The maximum atomic E-state index is 10.6. The monoisotopic (exact) mass is 348 g/mol. The lowest BCUT2D eigenvalue weighted by atomic mass is 10.00. The minimum atomic E-state index is -0.681. The predicted octanol–water partition coefficient (Wildman–Crippen LogP) is 4.00. The van der Waals surface area contributed by atoms with Gasteiger partial charge < -0.3 is 14.6 Å². The number of hydrogen-bond donors (Lipinski definition) is 1. The molecule has 1 heterocycles. The third-order valence-corrected chi connectivity index (χ3v) is 4.12. The molecular weight excluding hydrogens is 332 g/mol. The highest BCUT2D eigenvalue weighted by atomic mass is 79.9. The molecule has 3 rings (SSSR count). The van der Waals surface area contributed by atoms with Gasteiger partial charge in [-0.05, 0) is 46.1 Å². The van der Waals surface area contributed by atoms with Gasteiger partial charge in [0.05, 0.1) is 17.7 Å². The number of aliphatic hydroxyl groups excluding tert-OH is 1. The van der Waals surface area contributed by atoms with Gasteiger partial charge in [-0.25, -0.2) is 0 Å². The molecule has 0 saturated heterocycles. The summed E-state index contributed by atoms with van der Waals surface area (Å²) in [7, 11) is 0. The molecule has 1 aliphatic rings. The molecule has 0 saturated carbocycles. The Morgan fingerprint density at radius 1 is 1.05 bits per heavy atom. The quantitative estimate of drug-likeness (QED) is 0.891. The van der Waals surface area contributed by atoms with Crippen molar-refractivity contribution in [2.75, 3.05) is 13.2 Å². The fourth-order valence-electron chi connectivity index (χ4n) is 2.35. The average Bonchev–Trinajstić information content (AvgIpc) is 2.73. The molecule has 3 nitrogen and oxygen atoms in total. The Balaban J connectivity index is 1.97. The van der Waals surface area contributed by atoms with E-state index in [1.807, 2.05) is 43.3 Å². The minimum absolute atomic E-state index is 0.628. The number of benzene rings is 2. The van der Waals surface area contributed by atoms with Crippen LogP contribution >= 0.6 is 15.9 Å². The van der Waals surface area contributed by atoms with E-state index in [-0.39, 0.29) is 0 Å². The van der Waals surface area contributed by atoms with Gasteiger partial charge in [0.15, 0.2) is 11.5 Å². The minimum Gasteiger partial charge on any atom is -0.490 e. The van der Waals surface area contributed by atoms with Gasteiger partial charge in [0, 0.05) is 6.42 Å². The highest BCUT2D eigenvalue weighted by Crippen LogP contribution is 2.40. The zero-order valence-electron chi connectivity index (χ0n) is 11.8. The number of fused-ring (bicyclic) bond motifs is 1. The molecule has 1 unspecified atom stereocenters. The molecule has 0 spiro atoms. The highest BCUT2D eigenvalue weighted by molar-refractivity contribution is 9.10. The summed E-state index contributed by atoms with van der Waals surface area (Å²) >= 11 is 3.50. The molecule has 4 heteroatoms. The van der Waals surface area contributed by atoms with E-state index in [1.54, 1.807) is 0 Å². The number of halogens is 1. The van der Waals surface area contributed by atoms with Crippen molar-refractivity contribution in [3.8, 4) is 11.5 Å². The first-order valence-electron chi connectivity index (χ1n) is 6.99. The second-order valence-electron chi connectivity index (χ2n) is 5.19. The van der Waals surface area contributed by atoms with Crippen LogP contribution in [0.3, 0.4) is 0 Å². The first-order valence-corrected chi connectivity index (χ1v) is 7.78. The van der Waals surface area contributed by atoms with E-state index in [9.17, 15) is 5.11 Å². The number of aryl methyl sites for hydroxylation is 1. The highest BCUT2D eigenvalue weighted by Gasteiger charge is 2.19. The molecule has 0 radical (unpaired) electrons. The van der Waals surface area contributed by atoms with Crippen LogP contribution in [0.25, 0.3) is 0 Å². The van der Waals surface area contributed by atoms with Gasteiger partial charge in [0.25, 0.3) is 0 Å². The van der Waals surface area contributed by atoms with Crippen LogP contribution in [0.2, 0.25) is 0 Å². The van der Waals surface area contributed by atoms with Crippen molar-refractivity contribution in [3.63, 3.8) is 0 Å². The second-order valence-corrected chi connectivity index (χ2v) is 6.05. The summed E-state index contributed by atoms with van der Waals surface area (Å²) in [5.41, 5.74) is 2.82. The SMILES string of the molecule is Cc1ccc(C(O)c2cc(Br)c3c(c2)OCCCO3)cc1. The van der Waals surface area contributed by atoms with E-state index in [0.717, 1.165) is 22.0 Å². The van der Waals surface area contributed by atoms with Crippen LogP contribution in [0.4, 0.5) is 0 Å². The first-order chi connectivity index (χ1) is 10.1. The predicted molar refractivity (Wildman–Crippen MR) is 85.0 cm³/mol. The standard InChI is InChI=1S/C17H17BrO3/c1-11-3-5-12(6-4-11)16(19)13-9-14(18)17-15(10-13)20-7-2-8-21-17/h3-6,9-10,16,19H,2,7-8H2,1H3. The fourth-order valence-corrected chi connectivity index (χ4v) is 2.92. The van der Waals surface area contributed by atoms with Crippen molar-refractivity contribution in [1.29, 1.82) is 0 Å². The summed E-state index contributed by atoms with van der Waals surface area (Å²) < 4.78 is 12.2. The molecule has 21 heavy (non-hydrogen) atoms. The maximum absolute atomic E-state index is 10.6. The summed E-state index contributed by atoms with van der Waals surface area (Å²) in [6, 6.07) is 11.6. The average molecular weight is 349 g/mol. The van der Waals surface area contributed by atoms with Crippen LogP contribution in [0.5, 0.6) is 11.5 Å². The van der Waals surface area contributed by atoms with E-state index in [2.05, 4.69) is 15.9 Å². The Labute approximate surface area is 132 Å². The van der Waals surface area contributed by atoms with Crippen molar-refractivity contribution in [3.05, 3.63) is 57.6 Å². The third-order valence-electron chi connectivity index (χ3n) is 3.53. The van der Waals surface area contributed by atoms with Crippen LogP contribution in [0, 0.1) is 6.92 Å². The summed E-state index contributed by atoms with van der Waals surface area (Å²) in [6.07, 6.45) is 0.177. The van der Waals surface area contributed by atoms with E-state index in [1.165, 1.54) is 5.56 Å². The van der Waals surface area contributed by atoms with Crippen molar-refractivity contribution in [1.82, 2.24) is 0 Å². The van der Waals surface area contributed by atoms with Gasteiger partial charge in [0.1, 0.15) is 6.10 Å². The van der Waals surface area contributed by atoms with Gasteiger partial charge in [-0.3, -0.25) is 0 Å². The topological polar surface area (TPSA) is 38.7 Å². The molecule has 1 atom stereocenters. The number of rotatable bonds is 2. The van der Waals surface area contributed by atoms with Crippen molar-refractivity contribution in [2.45, 2.75) is 19.4 Å². The summed E-state index contributed by atoms with van der Waals surface area (Å²) in [5.74, 6) is 1.40. The molecule has 0 amide bonds. The summed E-state index contributed by atoms with van der Waals surface area (Å²) in [5, 5.41) is 10.6. The lowest BCUT2D eigenvalue weighted by molar-refractivity contribution is 0.219. The normalized spacial score (nSPS) is 15.4. The summed E-state index contributed by atoms with van der Waals surface area (Å²) in [6.45, 7) is 3.30. The molecule has 0 aromatic heterocycles. The Kier molecular flexibility index (Phi) is 4.17. The van der Waals surface area contributed by atoms with Gasteiger partial charge in [-0.2, -0.15) is 0 Å². The lowest BCUT2D eigenvalue weighted by Gasteiger charge is -2.16. The molecular formula is C17H17BrO3. The molecule has 0 aliphatic carbocycles. The largest absolute Gasteiger partial charge is 0.490 e. The van der Waals surface area contributed by atoms with E-state index in [4.69, 9.17) is 9.47 Å². The molecule has 1 N–H and O–H groups in total. The third kappa shape index (κ3) is 3.06. The zero-order chi connectivity index (χ0) is 14.8. The van der Waals surface area contributed by atoms with E-state index < -0.39 is 6.10 Å². The lowest BCUT2D eigenvalue weighted by Crippen LogP contribution is -2.01. The Bertz CT molecular complexity index is 637. The maximum Gasteiger partial charge on any atom is 0.175 e. The van der Waals surface area contributed by atoms with Crippen molar-refractivity contribution >= 4 is 15.9 Å². The van der Waals surface area contributed by atoms with Crippen molar-refractivity contribution < 1.29 is 14.6 Å². The van der Waals surface area contributed by atoms with E-state index >= 15 is 0 Å². The fraction of sp³-hybridized carbons (Fsp3) is 0.294. The smallest absolute Gasteiger partial charge is 0.175 e. The molecule has 110 valence electrons.